The normalized spacial score (nSPS) is 10.3. The standard InChI is InChI=1S/C13H10BrClN2O3/c14-10-5-8(1-4-13(10)18)7-16-9-2-3-11(15)12(6-9)17(19)20/h1-6,16,18H,7H2. The highest BCUT2D eigenvalue weighted by molar-refractivity contribution is 9.10. The van der Waals surface area contributed by atoms with Gasteiger partial charge < -0.3 is 10.4 Å². The smallest absolute Gasteiger partial charge is 0.289 e. The van der Waals surface area contributed by atoms with Crippen LogP contribution < -0.4 is 5.32 Å². The van der Waals surface area contributed by atoms with E-state index in [-0.39, 0.29) is 16.5 Å². The number of nitro groups is 1. The molecule has 0 aliphatic rings. The minimum absolute atomic E-state index is 0.105. The lowest BCUT2D eigenvalue weighted by molar-refractivity contribution is -0.384. The summed E-state index contributed by atoms with van der Waals surface area (Å²) in [6, 6.07) is 9.65. The Bertz CT molecular complexity index is 664. The second-order valence-electron chi connectivity index (χ2n) is 4.06. The fourth-order valence-electron chi connectivity index (χ4n) is 1.63. The Balaban J connectivity index is 2.12. The Morgan fingerprint density at radius 1 is 1.30 bits per heavy atom. The number of hydrogen-bond acceptors (Lipinski definition) is 4. The van der Waals surface area contributed by atoms with Gasteiger partial charge in [0.25, 0.3) is 5.69 Å². The van der Waals surface area contributed by atoms with Crippen molar-refractivity contribution in [1.29, 1.82) is 0 Å². The lowest BCUT2D eigenvalue weighted by Crippen LogP contribution is -2.00. The third-order valence-electron chi connectivity index (χ3n) is 2.65. The zero-order valence-electron chi connectivity index (χ0n) is 10.1. The van der Waals surface area contributed by atoms with E-state index in [0.717, 1.165) is 5.56 Å². The molecule has 0 radical (unpaired) electrons. The Morgan fingerprint density at radius 3 is 2.70 bits per heavy atom. The quantitative estimate of drug-likeness (QED) is 0.631. The van der Waals surface area contributed by atoms with Crippen molar-refractivity contribution >= 4 is 38.9 Å². The molecule has 0 aromatic heterocycles. The van der Waals surface area contributed by atoms with E-state index in [1.165, 1.54) is 12.1 Å². The molecule has 0 unspecified atom stereocenters. The maximum atomic E-state index is 10.8. The number of phenols is 1. The van der Waals surface area contributed by atoms with E-state index >= 15 is 0 Å². The van der Waals surface area contributed by atoms with Crippen LogP contribution in [-0.2, 0) is 6.54 Å². The summed E-state index contributed by atoms with van der Waals surface area (Å²) in [5.41, 5.74) is 1.39. The number of halogens is 2. The van der Waals surface area contributed by atoms with Gasteiger partial charge in [-0.25, -0.2) is 0 Å². The van der Waals surface area contributed by atoms with E-state index in [1.54, 1.807) is 24.3 Å². The molecule has 0 fully saturated rings. The summed E-state index contributed by atoms with van der Waals surface area (Å²) in [4.78, 5) is 10.3. The molecule has 2 N–H and O–H groups in total. The molecule has 2 rings (SSSR count). The molecule has 0 saturated heterocycles. The molecular formula is C13H10BrClN2O3. The summed E-state index contributed by atoms with van der Waals surface area (Å²) in [7, 11) is 0. The van der Waals surface area contributed by atoms with Crippen molar-refractivity contribution in [3.63, 3.8) is 0 Å². The average Bonchev–Trinajstić information content (AvgIpc) is 2.41. The van der Waals surface area contributed by atoms with Crippen LogP contribution in [0.25, 0.3) is 0 Å². The number of aromatic hydroxyl groups is 1. The van der Waals surface area contributed by atoms with Crippen molar-refractivity contribution in [3.8, 4) is 5.75 Å². The Morgan fingerprint density at radius 2 is 2.05 bits per heavy atom. The maximum absolute atomic E-state index is 10.8. The van der Waals surface area contributed by atoms with Crippen LogP contribution in [0.3, 0.4) is 0 Å². The molecule has 0 bridgehead atoms. The van der Waals surface area contributed by atoms with Crippen LogP contribution >= 0.6 is 27.5 Å². The molecule has 0 heterocycles. The number of nitro benzene ring substituents is 1. The Hall–Kier alpha value is -1.79. The van der Waals surface area contributed by atoms with Gasteiger partial charge in [0.05, 0.1) is 9.40 Å². The SMILES string of the molecule is O=[N+]([O-])c1cc(NCc2ccc(O)c(Br)c2)ccc1Cl. The molecule has 104 valence electrons. The van der Waals surface area contributed by atoms with Crippen molar-refractivity contribution in [2.24, 2.45) is 0 Å². The molecular weight excluding hydrogens is 348 g/mol. The first kappa shape index (κ1) is 14.6. The van der Waals surface area contributed by atoms with Gasteiger partial charge in [-0.1, -0.05) is 17.7 Å². The van der Waals surface area contributed by atoms with Crippen molar-refractivity contribution in [2.75, 3.05) is 5.32 Å². The zero-order chi connectivity index (χ0) is 14.7. The van der Waals surface area contributed by atoms with Crippen LogP contribution in [0.15, 0.2) is 40.9 Å². The fourth-order valence-corrected chi connectivity index (χ4v) is 2.24. The lowest BCUT2D eigenvalue weighted by Gasteiger charge is -2.08. The zero-order valence-corrected chi connectivity index (χ0v) is 12.5. The van der Waals surface area contributed by atoms with E-state index in [1.807, 2.05) is 0 Å². The van der Waals surface area contributed by atoms with Crippen LogP contribution in [-0.4, -0.2) is 10.0 Å². The van der Waals surface area contributed by atoms with Gasteiger partial charge in [-0.05, 0) is 45.8 Å². The molecule has 0 amide bonds. The molecule has 0 aliphatic heterocycles. The molecule has 2 aromatic carbocycles. The first-order chi connectivity index (χ1) is 9.47. The number of anilines is 1. The van der Waals surface area contributed by atoms with Crippen molar-refractivity contribution in [1.82, 2.24) is 0 Å². The second kappa shape index (κ2) is 6.11. The van der Waals surface area contributed by atoms with E-state index in [2.05, 4.69) is 21.2 Å². The predicted molar refractivity (Wildman–Crippen MR) is 81.2 cm³/mol. The maximum Gasteiger partial charge on any atom is 0.289 e. The van der Waals surface area contributed by atoms with Crippen LogP contribution in [0, 0.1) is 10.1 Å². The minimum atomic E-state index is -0.523. The van der Waals surface area contributed by atoms with Gasteiger partial charge in [0, 0.05) is 18.3 Å². The topological polar surface area (TPSA) is 75.4 Å². The molecule has 7 heteroatoms. The Kier molecular flexibility index (Phi) is 4.46. The third kappa shape index (κ3) is 3.40. The Labute approximate surface area is 128 Å². The number of hydrogen-bond donors (Lipinski definition) is 2. The van der Waals surface area contributed by atoms with Crippen LogP contribution in [0.2, 0.25) is 5.02 Å². The number of benzene rings is 2. The van der Waals surface area contributed by atoms with E-state index < -0.39 is 4.92 Å². The first-order valence-electron chi connectivity index (χ1n) is 5.62. The fraction of sp³-hybridized carbons (Fsp3) is 0.0769. The molecule has 0 spiro atoms. The van der Waals surface area contributed by atoms with Gasteiger partial charge in [-0.3, -0.25) is 10.1 Å². The second-order valence-corrected chi connectivity index (χ2v) is 5.32. The average molecular weight is 358 g/mol. The van der Waals surface area contributed by atoms with E-state index in [0.29, 0.717) is 16.7 Å². The van der Waals surface area contributed by atoms with Gasteiger partial charge in [0.15, 0.2) is 0 Å². The van der Waals surface area contributed by atoms with Gasteiger partial charge in [0.2, 0.25) is 0 Å². The number of nitrogens with one attached hydrogen (secondary N) is 1. The minimum Gasteiger partial charge on any atom is -0.507 e. The number of phenolic OH excluding ortho intramolecular Hbond substituents is 1. The summed E-state index contributed by atoms with van der Waals surface area (Å²) in [6.45, 7) is 0.470. The van der Waals surface area contributed by atoms with Gasteiger partial charge in [0.1, 0.15) is 10.8 Å². The molecule has 20 heavy (non-hydrogen) atoms. The molecule has 0 aliphatic carbocycles. The van der Waals surface area contributed by atoms with Crippen molar-refractivity contribution in [3.05, 3.63) is 61.6 Å². The molecule has 0 saturated carbocycles. The van der Waals surface area contributed by atoms with Gasteiger partial charge >= 0.3 is 0 Å². The lowest BCUT2D eigenvalue weighted by atomic mass is 10.2. The summed E-state index contributed by atoms with van der Waals surface area (Å²) < 4.78 is 0.596. The summed E-state index contributed by atoms with van der Waals surface area (Å²) in [5.74, 6) is 0.163. The summed E-state index contributed by atoms with van der Waals surface area (Å²) in [5, 5.41) is 23.4. The first-order valence-corrected chi connectivity index (χ1v) is 6.79. The molecule has 2 aromatic rings. The van der Waals surface area contributed by atoms with Crippen LogP contribution in [0.5, 0.6) is 5.75 Å². The van der Waals surface area contributed by atoms with Gasteiger partial charge in [-0.2, -0.15) is 0 Å². The monoisotopic (exact) mass is 356 g/mol. The largest absolute Gasteiger partial charge is 0.507 e. The molecule has 5 nitrogen and oxygen atoms in total. The summed E-state index contributed by atoms with van der Waals surface area (Å²) >= 11 is 8.97. The predicted octanol–water partition coefficient (Wildman–Crippen LogP) is 4.33. The van der Waals surface area contributed by atoms with E-state index in [9.17, 15) is 15.2 Å². The highest BCUT2D eigenvalue weighted by Crippen LogP contribution is 2.28. The molecule has 0 atom stereocenters. The van der Waals surface area contributed by atoms with Gasteiger partial charge in [-0.15, -0.1) is 0 Å². The number of nitrogens with zero attached hydrogens (tertiary/aromatic N) is 1. The van der Waals surface area contributed by atoms with Crippen molar-refractivity contribution in [2.45, 2.75) is 6.54 Å². The summed E-state index contributed by atoms with van der Waals surface area (Å²) in [6.07, 6.45) is 0. The highest BCUT2D eigenvalue weighted by Gasteiger charge is 2.12. The van der Waals surface area contributed by atoms with Crippen LogP contribution in [0.1, 0.15) is 5.56 Å². The van der Waals surface area contributed by atoms with Crippen LogP contribution in [0.4, 0.5) is 11.4 Å². The van der Waals surface area contributed by atoms with E-state index in [4.69, 9.17) is 11.6 Å². The third-order valence-corrected chi connectivity index (χ3v) is 3.61. The highest BCUT2D eigenvalue weighted by atomic mass is 79.9. The number of rotatable bonds is 4. The van der Waals surface area contributed by atoms with Crippen molar-refractivity contribution < 1.29 is 10.0 Å².